The van der Waals surface area contributed by atoms with Crippen LogP contribution in [0.1, 0.15) is 38.8 Å². The van der Waals surface area contributed by atoms with E-state index in [9.17, 15) is 14.0 Å². The average molecular weight is 400 g/mol. The number of ether oxygens (including phenoxy) is 1. The molecule has 0 fully saturated rings. The number of nitrogens with zero attached hydrogens (tertiary/aromatic N) is 1. The standard InChI is InChI=1S/C23H29FN2O3/c1-16(22(28)25-23(2,3)4)26(15-18-8-12-20(29-5)13-9-18)21(27)14-17-6-10-19(24)11-7-17/h6-13,16H,14-15H2,1-5H3,(H,25,28)/t16-/m1/s1. The van der Waals surface area contributed by atoms with Crippen LogP contribution in [0.2, 0.25) is 0 Å². The molecule has 0 aliphatic heterocycles. The fourth-order valence-corrected chi connectivity index (χ4v) is 2.86. The monoisotopic (exact) mass is 400 g/mol. The van der Waals surface area contributed by atoms with Gasteiger partial charge in [0.2, 0.25) is 11.8 Å². The molecule has 0 aliphatic carbocycles. The van der Waals surface area contributed by atoms with Crippen molar-refractivity contribution in [3.05, 3.63) is 65.5 Å². The maximum atomic E-state index is 13.2. The Balaban J connectivity index is 2.23. The molecular formula is C23H29FN2O3. The first-order chi connectivity index (χ1) is 13.6. The molecule has 2 amide bonds. The van der Waals surface area contributed by atoms with Gasteiger partial charge in [-0.1, -0.05) is 24.3 Å². The summed E-state index contributed by atoms with van der Waals surface area (Å²) in [5.41, 5.74) is 1.17. The Kier molecular flexibility index (Phi) is 7.37. The van der Waals surface area contributed by atoms with E-state index in [1.165, 1.54) is 12.1 Å². The van der Waals surface area contributed by atoms with E-state index in [1.54, 1.807) is 31.1 Å². The van der Waals surface area contributed by atoms with Gasteiger partial charge in [0.25, 0.3) is 0 Å². The van der Waals surface area contributed by atoms with E-state index in [4.69, 9.17) is 4.74 Å². The first kappa shape index (κ1) is 22.4. The van der Waals surface area contributed by atoms with Crippen LogP contribution in [0.15, 0.2) is 48.5 Å². The van der Waals surface area contributed by atoms with Crippen LogP contribution in [-0.4, -0.2) is 35.4 Å². The molecule has 29 heavy (non-hydrogen) atoms. The van der Waals surface area contributed by atoms with Gasteiger partial charge in [-0.3, -0.25) is 9.59 Å². The molecule has 6 heteroatoms. The summed E-state index contributed by atoms with van der Waals surface area (Å²) in [6, 6.07) is 12.5. The lowest BCUT2D eigenvalue weighted by Crippen LogP contribution is -2.52. The van der Waals surface area contributed by atoms with E-state index in [0.29, 0.717) is 5.56 Å². The average Bonchev–Trinajstić information content (AvgIpc) is 2.66. The highest BCUT2D eigenvalue weighted by Gasteiger charge is 2.28. The fourth-order valence-electron chi connectivity index (χ4n) is 2.86. The van der Waals surface area contributed by atoms with E-state index in [1.807, 2.05) is 45.0 Å². The lowest BCUT2D eigenvalue weighted by atomic mass is 10.1. The van der Waals surface area contributed by atoms with E-state index in [2.05, 4.69) is 5.32 Å². The lowest BCUT2D eigenvalue weighted by molar-refractivity contribution is -0.140. The Morgan fingerprint density at radius 1 is 1.03 bits per heavy atom. The summed E-state index contributed by atoms with van der Waals surface area (Å²) in [5, 5.41) is 2.93. The number of rotatable bonds is 7. The van der Waals surface area contributed by atoms with Crippen molar-refractivity contribution in [1.82, 2.24) is 10.2 Å². The highest BCUT2D eigenvalue weighted by molar-refractivity contribution is 5.88. The molecule has 0 spiro atoms. The molecule has 0 heterocycles. The second-order valence-electron chi connectivity index (χ2n) is 8.09. The molecule has 2 rings (SSSR count). The number of halogens is 1. The van der Waals surface area contributed by atoms with Gasteiger partial charge in [0.15, 0.2) is 0 Å². The third kappa shape index (κ3) is 6.89. The summed E-state index contributed by atoms with van der Waals surface area (Å²) >= 11 is 0. The summed E-state index contributed by atoms with van der Waals surface area (Å²) in [6.07, 6.45) is 0.0869. The molecule has 5 nitrogen and oxygen atoms in total. The minimum Gasteiger partial charge on any atom is -0.497 e. The molecule has 0 radical (unpaired) electrons. The van der Waals surface area contributed by atoms with Crippen molar-refractivity contribution in [3.8, 4) is 5.75 Å². The summed E-state index contributed by atoms with van der Waals surface area (Å²) in [4.78, 5) is 27.3. The van der Waals surface area contributed by atoms with Crippen molar-refractivity contribution in [2.24, 2.45) is 0 Å². The predicted molar refractivity (Wildman–Crippen MR) is 111 cm³/mol. The number of carbonyl (C=O) groups excluding carboxylic acids is 2. The normalized spacial score (nSPS) is 12.2. The molecular weight excluding hydrogens is 371 g/mol. The molecule has 1 N–H and O–H groups in total. The molecule has 0 saturated heterocycles. The van der Waals surface area contributed by atoms with Crippen molar-refractivity contribution >= 4 is 11.8 Å². The molecule has 156 valence electrons. The van der Waals surface area contributed by atoms with Crippen LogP contribution in [0.5, 0.6) is 5.75 Å². The largest absolute Gasteiger partial charge is 0.497 e. The van der Waals surface area contributed by atoms with Gasteiger partial charge in [0, 0.05) is 12.1 Å². The number of nitrogens with one attached hydrogen (secondary N) is 1. The van der Waals surface area contributed by atoms with Gasteiger partial charge in [0.05, 0.1) is 13.5 Å². The second kappa shape index (κ2) is 9.54. The van der Waals surface area contributed by atoms with Crippen LogP contribution in [0.25, 0.3) is 0 Å². The van der Waals surface area contributed by atoms with Crippen LogP contribution in [0.3, 0.4) is 0 Å². The quantitative estimate of drug-likeness (QED) is 0.771. The number of methoxy groups -OCH3 is 1. The minimum atomic E-state index is -0.663. The fraction of sp³-hybridized carbons (Fsp3) is 0.391. The van der Waals surface area contributed by atoms with E-state index < -0.39 is 11.6 Å². The maximum absolute atomic E-state index is 13.2. The Morgan fingerprint density at radius 2 is 1.59 bits per heavy atom. The number of hydrogen-bond acceptors (Lipinski definition) is 3. The number of amides is 2. The van der Waals surface area contributed by atoms with Gasteiger partial charge in [-0.25, -0.2) is 4.39 Å². The predicted octanol–water partition coefficient (Wildman–Crippen LogP) is 3.71. The van der Waals surface area contributed by atoms with Gasteiger partial charge >= 0.3 is 0 Å². The third-order valence-electron chi connectivity index (χ3n) is 4.45. The molecule has 2 aromatic carbocycles. The summed E-state index contributed by atoms with van der Waals surface area (Å²) < 4.78 is 18.3. The molecule has 0 bridgehead atoms. The van der Waals surface area contributed by atoms with Gasteiger partial charge in [-0.05, 0) is 63.1 Å². The van der Waals surface area contributed by atoms with Crippen LogP contribution in [-0.2, 0) is 22.6 Å². The zero-order valence-electron chi connectivity index (χ0n) is 17.7. The number of benzene rings is 2. The first-order valence-corrected chi connectivity index (χ1v) is 9.58. The van der Waals surface area contributed by atoms with Crippen LogP contribution >= 0.6 is 0 Å². The SMILES string of the molecule is COc1ccc(CN(C(=O)Cc2ccc(F)cc2)[C@H](C)C(=O)NC(C)(C)C)cc1. The van der Waals surface area contributed by atoms with Crippen molar-refractivity contribution in [2.75, 3.05) is 7.11 Å². The first-order valence-electron chi connectivity index (χ1n) is 9.58. The molecule has 0 aromatic heterocycles. The third-order valence-corrected chi connectivity index (χ3v) is 4.45. The smallest absolute Gasteiger partial charge is 0.242 e. The van der Waals surface area contributed by atoms with Crippen molar-refractivity contribution < 1.29 is 18.7 Å². The second-order valence-corrected chi connectivity index (χ2v) is 8.09. The molecule has 0 saturated carbocycles. The topological polar surface area (TPSA) is 58.6 Å². The Morgan fingerprint density at radius 3 is 2.10 bits per heavy atom. The molecule has 0 aliphatic rings. The van der Waals surface area contributed by atoms with Gasteiger partial charge in [-0.15, -0.1) is 0 Å². The number of carbonyl (C=O) groups is 2. The summed E-state index contributed by atoms with van der Waals surface area (Å²) in [5.74, 6) is -0.0619. The Hall–Kier alpha value is -2.89. The zero-order valence-corrected chi connectivity index (χ0v) is 17.7. The van der Waals surface area contributed by atoms with Crippen LogP contribution in [0, 0.1) is 5.82 Å². The van der Waals surface area contributed by atoms with E-state index in [-0.39, 0.29) is 30.6 Å². The molecule has 1 atom stereocenters. The van der Waals surface area contributed by atoms with Gasteiger partial charge in [0.1, 0.15) is 17.6 Å². The van der Waals surface area contributed by atoms with Gasteiger partial charge in [-0.2, -0.15) is 0 Å². The Bertz CT molecular complexity index is 827. The highest BCUT2D eigenvalue weighted by Crippen LogP contribution is 2.17. The zero-order chi connectivity index (χ0) is 21.6. The molecule has 2 aromatic rings. The Labute approximate surface area is 171 Å². The van der Waals surface area contributed by atoms with Crippen molar-refractivity contribution in [3.63, 3.8) is 0 Å². The van der Waals surface area contributed by atoms with E-state index >= 15 is 0 Å². The van der Waals surface area contributed by atoms with E-state index in [0.717, 1.165) is 11.3 Å². The van der Waals surface area contributed by atoms with Crippen LogP contribution in [0.4, 0.5) is 4.39 Å². The summed E-state index contributed by atoms with van der Waals surface area (Å²) in [6.45, 7) is 7.68. The van der Waals surface area contributed by atoms with Crippen molar-refractivity contribution in [1.29, 1.82) is 0 Å². The van der Waals surface area contributed by atoms with Crippen molar-refractivity contribution in [2.45, 2.75) is 52.2 Å². The highest BCUT2D eigenvalue weighted by atomic mass is 19.1. The minimum absolute atomic E-state index is 0.0869. The van der Waals surface area contributed by atoms with Crippen LogP contribution < -0.4 is 10.1 Å². The molecule has 0 unspecified atom stereocenters. The number of hydrogen-bond donors (Lipinski definition) is 1. The maximum Gasteiger partial charge on any atom is 0.242 e. The lowest BCUT2D eigenvalue weighted by Gasteiger charge is -2.31. The summed E-state index contributed by atoms with van der Waals surface area (Å²) in [7, 11) is 1.59. The van der Waals surface area contributed by atoms with Gasteiger partial charge < -0.3 is 15.0 Å².